The van der Waals surface area contributed by atoms with E-state index in [1.807, 2.05) is 0 Å². The standard InChI is InChI=1S/C15H28N2O7/c1-9(12(19)23-7)16-11(18)10(8-15(5,6)21)17(22)13(20)24-14(2,3)4/h9-10,21-22H,8H2,1-7H3,(H,16,18). The number of methoxy groups -OCH3 is 1. The zero-order valence-electron chi connectivity index (χ0n) is 15.2. The molecule has 9 heteroatoms. The lowest BCUT2D eigenvalue weighted by molar-refractivity contribution is -0.159. The molecule has 2 atom stereocenters. The molecule has 0 aromatic carbocycles. The van der Waals surface area contributed by atoms with E-state index >= 15 is 0 Å². The molecule has 0 heterocycles. The molecule has 0 fully saturated rings. The van der Waals surface area contributed by atoms with E-state index in [0.29, 0.717) is 0 Å². The van der Waals surface area contributed by atoms with Gasteiger partial charge in [-0.25, -0.2) is 9.59 Å². The quantitative estimate of drug-likeness (QED) is 0.368. The maximum Gasteiger partial charge on any atom is 0.435 e. The minimum Gasteiger partial charge on any atom is -0.467 e. The molecular weight excluding hydrogens is 320 g/mol. The number of aliphatic hydroxyl groups is 1. The topological polar surface area (TPSA) is 125 Å². The highest BCUT2D eigenvalue weighted by Crippen LogP contribution is 2.18. The number of amides is 2. The van der Waals surface area contributed by atoms with Crippen molar-refractivity contribution in [2.24, 2.45) is 0 Å². The third-order valence-electron chi connectivity index (χ3n) is 2.78. The first-order valence-electron chi connectivity index (χ1n) is 7.49. The number of hydrogen-bond acceptors (Lipinski definition) is 7. The summed E-state index contributed by atoms with van der Waals surface area (Å²) >= 11 is 0. The number of ether oxygens (including phenoxy) is 2. The summed E-state index contributed by atoms with van der Waals surface area (Å²) in [5.41, 5.74) is -2.24. The second-order valence-electron chi connectivity index (χ2n) is 7.11. The van der Waals surface area contributed by atoms with Gasteiger partial charge in [0, 0.05) is 6.42 Å². The Labute approximate surface area is 141 Å². The van der Waals surface area contributed by atoms with E-state index in [-0.39, 0.29) is 11.5 Å². The molecule has 3 N–H and O–H groups in total. The van der Waals surface area contributed by atoms with Crippen LogP contribution in [0, 0.1) is 0 Å². The first kappa shape index (κ1) is 22.1. The highest BCUT2D eigenvalue weighted by atomic mass is 16.6. The molecule has 140 valence electrons. The van der Waals surface area contributed by atoms with Crippen LogP contribution in [-0.4, -0.2) is 63.7 Å². The Hall–Kier alpha value is -1.87. The fraction of sp³-hybridized carbons (Fsp3) is 0.800. The Kier molecular flexibility index (Phi) is 7.65. The molecule has 0 aliphatic heterocycles. The molecule has 2 unspecified atom stereocenters. The van der Waals surface area contributed by atoms with Crippen molar-refractivity contribution in [1.29, 1.82) is 0 Å². The molecular formula is C15H28N2O7. The van der Waals surface area contributed by atoms with Crippen LogP contribution in [0.25, 0.3) is 0 Å². The van der Waals surface area contributed by atoms with Crippen LogP contribution in [0.3, 0.4) is 0 Å². The second-order valence-corrected chi connectivity index (χ2v) is 7.11. The zero-order valence-corrected chi connectivity index (χ0v) is 15.2. The highest BCUT2D eigenvalue weighted by Gasteiger charge is 2.37. The van der Waals surface area contributed by atoms with Gasteiger partial charge in [-0.15, -0.1) is 0 Å². The molecule has 0 aliphatic rings. The molecule has 0 aliphatic carbocycles. The van der Waals surface area contributed by atoms with Crippen molar-refractivity contribution in [1.82, 2.24) is 10.4 Å². The average molecular weight is 348 g/mol. The maximum absolute atomic E-state index is 12.3. The summed E-state index contributed by atoms with van der Waals surface area (Å²) in [4.78, 5) is 35.7. The lowest BCUT2D eigenvalue weighted by Gasteiger charge is -2.31. The predicted octanol–water partition coefficient (Wildman–Crippen LogP) is 0.820. The fourth-order valence-electron chi connectivity index (χ4n) is 1.74. The van der Waals surface area contributed by atoms with E-state index in [1.54, 1.807) is 20.8 Å². The number of hydroxylamine groups is 2. The van der Waals surface area contributed by atoms with E-state index < -0.39 is 41.3 Å². The van der Waals surface area contributed by atoms with Gasteiger partial charge in [0.1, 0.15) is 17.7 Å². The number of carbonyl (C=O) groups excluding carboxylic acids is 3. The Bertz CT molecular complexity index is 465. The summed E-state index contributed by atoms with van der Waals surface area (Å²) in [6.45, 7) is 9.02. The fourth-order valence-corrected chi connectivity index (χ4v) is 1.74. The van der Waals surface area contributed by atoms with Crippen molar-refractivity contribution in [3.63, 3.8) is 0 Å². The second kappa shape index (κ2) is 8.29. The molecule has 0 rings (SSSR count). The van der Waals surface area contributed by atoms with Gasteiger partial charge in [-0.3, -0.25) is 10.0 Å². The number of hydrogen-bond donors (Lipinski definition) is 3. The van der Waals surface area contributed by atoms with Crippen LogP contribution in [0.5, 0.6) is 0 Å². The Morgan fingerprint density at radius 2 is 1.67 bits per heavy atom. The molecule has 0 bridgehead atoms. The monoisotopic (exact) mass is 348 g/mol. The van der Waals surface area contributed by atoms with Gasteiger partial charge in [0.2, 0.25) is 5.91 Å². The molecule has 0 saturated carbocycles. The minimum atomic E-state index is -1.45. The van der Waals surface area contributed by atoms with Gasteiger partial charge in [-0.1, -0.05) is 0 Å². The van der Waals surface area contributed by atoms with Gasteiger partial charge < -0.3 is 19.9 Å². The van der Waals surface area contributed by atoms with Gasteiger partial charge in [-0.05, 0) is 41.5 Å². The Morgan fingerprint density at radius 1 is 1.17 bits per heavy atom. The van der Waals surface area contributed by atoms with Crippen molar-refractivity contribution in [3.05, 3.63) is 0 Å². The van der Waals surface area contributed by atoms with E-state index in [0.717, 1.165) is 0 Å². The number of rotatable bonds is 6. The maximum atomic E-state index is 12.3. The molecule has 0 spiro atoms. The first-order chi connectivity index (χ1) is 10.7. The summed E-state index contributed by atoms with van der Waals surface area (Å²) in [6, 6.07) is -2.44. The zero-order chi connectivity index (χ0) is 19.3. The molecule has 24 heavy (non-hydrogen) atoms. The van der Waals surface area contributed by atoms with Crippen molar-refractivity contribution < 1.29 is 34.2 Å². The minimum absolute atomic E-state index is 0.114. The van der Waals surface area contributed by atoms with Gasteiger partial charge >= 0.3 is 12.1 Å². The van der Waals surface area contributed by atoms with Gasteiger partial charge in [0.25, 0.3) is 0 Å². The van der Waals surface area contributed by atoms with Crippen LogP contribution < -0.4 is 5.32 Å². The smallest absolute Gasteiger partial charge is 0.435 e. The molecule has 2 amide bonds. The van der Waals surface area contributed by atoms with Crippen LogP contribution in [0.1, 0.15) is 48.0 Å². The van der Waals surface area contributed by atoms with Crippen molar-refractivity contribution in [2.75, 3.05) is 7.11 Å². The summed E-state index contributed by atoms with van der Waals surface area (Å²) in [7, 11) is 1.17. The van der Waals surface area contributed by atoms with E-state index in [4.69, 9.17) is 4.74 Å². The average Bonchev–Trinajstić information content (AvgIpc) is 2.39. The molecule has 0 saturated heterocycles. The first-order valence-corrected chi connectivity index (χ1v) is 7.49. The van der Waals surface area contributed by atoms with Crippen LogP contribution in [0.4, 0.5) is 4.79 Å². The van der Waals surface area contributed by atoms with Gasteiger partial charge in [0.05, 0.1) is 12.7 Å². The third-order valence-corrected chi connectivity index (χ3v) is 2.78. The lowest BCUT2D eigenvalue weighted by atomic mass is 9.98. The largest absolute Gasteiger partial charge is 0.467 e. The number of nitrogens with zero attached hydrogens (tertiary/aromatic N) is 1. The van der Waals surface area contributed by atoms with E-state index in [1.165, 1.54) is 27.9 Å². The summed E-state index contributed by atoms with van der Waals surface area (Å²) in [5.74, 6) is -1.52. The molecule has 9 nitrogen and oxygen atoms in total. The summed E-state index contributed by atoms with van der Waals surface area (Å²) in [5, 5.41) is 22.4. The van der Waals surface area contributed by atoms with Crippen molar-refractivity contribution in [3.8, 4) is 0 Å². The van der Waals surface area contributed by atoms with Crippen molar-refractivity contribution in [2.45, 2.75) is 71.2 Å². The van der Waals surface area contributed by atoms with Crippen molar-refractivity contribution >= 4 is 18.0 Å². The van der Waals surface area contributed by atoms with Crippen LogP contribution >= 0.6 is 0 Å². The molecule has 0 radical (unpaired) electrons. The Morgan fingerprint density at radius 3 is 2.04 bits per heavy atom. The van der Waals surface area contributed by atoms with Crippen LogP contribution in [0.2, 0.25) is 0 Å². The summed E-state index contributed by atoms with van der Waals surface area (Å²) < 4.78 is 9.50. The lowest BCUT2D eigenvalue weighted by Crippen LogP contribution is -2.54. The SMILES string of the molecule is COC(=O)C(C)NC(=O)C(CC(C)(C)O)N(O)C(=O)OC(C)(C)C. The number of esters is 1. The summed E-state index contributed by atoms with van der Waals surface area (Å²) in [6.07, 6.45) is -1.42. The normalized spacial score (nSPS) is 14.4. The third kappa shape index (κ3) is 8.11. The highest BCUT2D eigenvalue weighted by molar-refractivity contribution is 5.89. The molecule has 0 aromatic heterocycles. The predicted molar refractivity (Wildman–Crippen MR) is 84.2 cm³/mol. The van der Waals surface area contributed by atoms with Gasteiger partial charge in [-0.2, -0.15) is 5.06 Å². The van der Waals surface area contributed by atoms with E-state index in [2.05, 4.69) is 10.1 Å². The van der Waals surface area contributed by atoms with Crippen LogP contribution in [0.15, 0.2) is 0 Å². The Balaban J connectivity index is 5.26. The molecule has 0 aromatic rings. The van der Waals surface area contributed by atoms with E-state index in [9.17, 15) is 24.7 Å². The number of nitrogens with one attached hydrogen (secondary N) is 1. The van der Waals surface area contributed by atoms with Crippen LogP contribution in [-0.2, 0) is 19.1 Å². The number of carbonyl (C=O) groups is 3. The van der Waals surface area contributed by atoms with Gasteiger partial charge in [0.15, 0.2) is 0 Å².